The summed E-state index contributed by atoms with van der Waals surface area (Å²) in [5, 5.41) is 14.2. The van der Waals surface area contributed by atoms with Crippen LogP contribution in [0.3, 0.4) is 0 Å². The van der Waals surface area contributed by atoms with Crippen LogP contribution in [0.1, 0.15) is 18.5 Å². The number of carboxylic acid groups (broad SMARTS) is 2. The summed E-state index contributed by atoms with van der Waals surface area (Å²) in [6, 6.07) is -0.441. The third-order valence-corrected chi connectivity index (χ3v) is 3.21. The molecule has 5 N–H and O–H groups in total. The van der Waals surface area contributed by atoms with Gasteiger partial charge in [-0.15, -0.1) is 0 Å². The first-order valence-electron chi connectivity index (χ1n) is 7.78. The molecule has 166 valence electrons. The number of carboxylic acids is 2. The number of carbonyl (C=O) groups is 3. The Morgan fingerprint density at radius 3 is 1.79 bits per heavy atom. The summed E-state index contributed by atoms with van der Waals surface area (Å²) in [6.45, 7) is 1.71. The fraction of sp³-hybridized carbons (Fsp3) is 0.571. The maximum Gasteiger partial charge on any atom is 0.490 e. The predicted molar refractivity (Wildman–Crippen MR) is 83.5 cm³/mol. The fourth-order valence-electron chi connectivity index (χ4n) is 1.89. The van der Waals surface area contributed by atoms with E-state index in [9.17, 15) is 31.1 Å². The zero-order valence-electron chi connectivity index (χ0n) is 14.6. The van der Waals surface area contributed by atoms with Crippen LogP contribution in [-0.2, 0) is 20.8 Å². The van der Waals surface area contributed by atoms with Crippen molar-refractivity contribution >= 4 is 17.8 Å². The normalized spacial score (nSPS) is 14.8. The molecule has 0 saturated carbocycles. The molecule has 1 atom stereocenters. The maximum atomic E-state index is 11.8. The summed E-state index contributed by atoms with van der Waals surface area (Å²) in [4.78, 5) is 38.3. The Labute approximate surface area is 159 Å². The van der Waals surface area contributed by atoms with Crippen LogP contribution >= 0.6 is 0 Å². The standard InChI is InChI=1S/C10H16N4O.2C2HF3O2/c11-9(5-8-6-12-7-13-8)10(15)14-3-1-2-4-14;2*3-2(4,5)1(6)7/h6-7,9H,1-5,11H2,(H,12,13);2*(H,6,7)/t9-;;/m0../s1. The first-order valence-corrected chi connectivity index (χ1v) is 7.78. The van der Waals surface area contributed by atoms with Crippen LogP contribution in [0.5, 0.6) is 0 Å². The lowest BCUT2D eigenvalue weighted by atomic mass is 10.1. The molecular formula is C14H18F6N4O5. The van der Waals surface area contributed by atoms with Gasteiger partial charge in [0.15, 0.2) is 0 Å². The summed E-state index contributed by atoms with van der Waals surface area (Å²) in [5.41, 5.74) is 6.76. The van der Waals surface area contributed by atoms with E-state index in [0.717, 1.165) is 31.6 Å². The summed E-state index contributed by atoms with van der Waals surface area (Å²) < 4.78 is 63.5. The average Bonchev–Trinajstić information content (AvgIpc) is 3.27. The molecule has 1 aliphatic heterocycles. The van der Waals surface area contributed by atoms with Crippen molar-refractivity contribution in [3.8, 4) is 0 Å². The van der Waals surface area contributed by atoms with Gasteiger partial charge in [0.25, 0.3) is 0 Å². The number of nitrogens with zero attached hydrogens (tertiary/aromatic N) is 2. The van der Waals surface area contributed by atoms with Crippen molar-refractivity contribution in [1.29, 1.82) is 0 Å². The molecule has 0 aliphatic carbocycles. The summed E-state index contributed by atoms with van der Waals surface area (Å²) in [5.74, 6) is -5.46. The second-order valence-electron chi connectivity index (χ2n) is 5.53. The number of nitrogens with two attached hydrogens (primary N) is 1. The molecule has 0 bridgehead atoms. The van der Waals surface area contributed by atoms with Gasteiger partial charge in [-0.1, -0.05) is 0 Å². The number of alkyl halides is 6. The Morgan fingerprint density at radius 1 is 1.07 bits per heavy atom. The van der Waals surface area contributed by atoms with Gasteiger partial charge in [0, 0.05) is 31.4 Å². The fourth-order valence-corrected chi connectivity index (χ4v) is 1.89. The van der Waals surface area contributed by atoms with Crippen LogP contribution in [0, 0.1) is 0 Å². The number of likely N-dealkylation sites (tertiary alicyclic amines) is 1. The van der Waals surface area contributed by atoms with E-state index in [-0.39, 0.29) is 5.91 Å². The van der Waals surface area contributed by atoms with Crippen molar-refractivity contribution in [3.05, 3.63) is 18.2 Å². The van der Waals surface area contributed by atoms with Crippen LogP contribution in [0.25, 0.3) is 0 Å². The molecular weight excluding hydrogens is 418 g/mol. The topological polar surface area (TPSA) is 150 Å². The van der Waals surface area contributed by atoms with Gasteiger partial charge in [0.05, 0.1) is 12.4 Å². The highest BCUT2D eigenvalue weighted by atomic mass is 19.4. The second-order valence-corrected chi connectivity index (χ2v) is 5.53. The number of imidazole rings is 1. The number of rotatable bonds is 3. The van der Waals surface area contributed by atoms with Gasteiger partial charge >= 0.3 is 24.3 Å². The third kappa shape index (κ3) is 10.9. The minimum Gasteiger partial charge on any atom is -0.475 e. The number of amides is 1. The molecule has 1 saturated heterocycles. The van der Waals surface area contributed by atoms with Crippen molar-refractivity contribution in [1.82, 2.24) is 14.9 Å². The van der Waals surface area contributed by atoms with Crippen molar-refractivity contribution in [2.45, 2.75) is 37.7 Å². The number of halogens is 6. The van der Waals surface area contributed by atoms with Gasteiger partial charge in [-0.05, 0) is 12.8 Å². The van der Waals surface area contributed by atoms with Crippen LogP contribution in [0.4, 0.5) is 26.3 Å². The minimum absolute atomic E-state index is 0.0575. The molecule has 9 nitrogen and oxygen atoms in total. The summed E-state index contributed by atoms with van der Waals surface area (Å²) >= 11 is 0. The van der Waals surface area contributed by atoms with Gasteiger partial charge < -0.3 is 25.8 Å². The zero-order chi connectivity index (χ0) is 22.8. The number of hydrogen-bond acceptors (Lipinski definition) is 5. The van der Waals surface area contributed by atoms with Gasteiger partial charge in [-0.25, -0.2) is 14.6 Å². The first kappa shape index (κ1) is 26.2. The highest BCUT2D eigenvalue weighted by Gasteiger charge is 2.38. The van der Waals surface area contributed by atoms with Crippen LogP contribution in [0.15, 0.2) is 12.5 Å². The molecule has 1 fully saturated rings. The molecule has 2 heterocycles. The van der Waals surface area contributed by atoms with Crippen molar-refractivity contribution < 1.29 is 50.9 Å². The van der Waals surface area contributed by atoms with E-state index < -0.39 is 30.3 Å². The highest BCUT2D eigenvalue weighted by Crippen LogP contribution is 2.13. The van der Waals surface area contributed by atoms with Crippen molar-refractivity contribution in [2.75, 3.05) is 13.1 Å². The number of aliphatic carboxylic acids is 2. The Hall–Kier alpha value is -2.84. The Morgan fingerprint density at radius 2 is 1.48 bits per heavy atom. The van der Waals surface area contributed by atoms with Gasteiger partial charge in [0.1, 0.15) is 0 Å². The number of H-pyrrole nitrogens is 1. The highest BCUT2D eigenvalue weighted by molar-refractivity contribution is 5.82. The summed E-state index contributed by atoms with van der Waals surface area (Å²) in [7, 11) is 0. The van der Waals surface area contributed by atoms with Crippen molar-refractivity contribution in [2.24, 2.45) is 5.73 Å². The van der Waals surface area contributed by atoms with Crippen LogP contribution in [-0.4, -0.2) is 74.4 Å². The third-order valence-electron chi connectivity index (χ3n) is 3.21. The molecule has 1 aromatic rings. The summed E-state index contributed by atoms with van der Waals surface area (Å²) in [6.07, 6.45) is -4.13. The van der Waals surface area contributed by atoms with E-state index in [0.29, 0.717) is 6.42 Å². The lowest BCUT2D eigenvalue weighted by molar-refractivity contribution is -0.193. The molecule has 0 unspecified atom stereocenters. The largest absolute Gasteiger partial charge is 0.490 e. The Balaban J connectivity index is 0.000000473. The molecule has 0 spiro atoms. The smallest absolute Gasteiger partial charge is 0.475 e. The molecule has 0 radical (unpaired) electrons. The van der Waals surface area contributed by atoms with E-state index in [1.165, 1.54) is 0 Å². The monoisotopic (exact) mass is 436 g/mol. The molecule has 1 aliphatic rings. The van der Waals surface area contributed by atoms with E-state index in [2.05, 4.69) is 9.97 Å². The number of aromatic nitrogens is 2. The maximum absolute atomic E-state index is 11.8. The van der Waals surface area contributed by atoms with Gasteiger partial charge in [-0.3, -0.25) is 4.79 Å². The molecule has 0 aromatic carbocycles. The molecule has 1 aromatic heterocycles. The number of carbonyl (C=O) groups excluding carboxylic acids is 1. The average molecular weight is 436 g/mol. The van der Waals surface area contributed by atoms with Gasteiger partial charge in [0.2, 0.25) is 5.91 Å². The molecule has 2 rings (SSSR count). The Kier molecular flexibility index (Phi) is 10.1. The SMILES string of the molecule is N[C@@H](Cc1cnc[nH]1)C(=O)N1CCCC1.O=C(O)C(F)(F)F.O=C(O)C(F)(F)F. The van der Waals surface area contributed by atoms with Crippen LogP contribution < -0.4 is 5.73 Å². The number of nitrogens with one attached hydrogen (secondary N) is 1. The molecule has 1 amide bonds. The van der Waals surface area contributed by atoms with E-state index in [1.807, 2.05) is 4.90 Å². The number of aromatic amines is 1. The first-order chi connectivity index (χ1) is 13.2. The predicted octanol–water partition coefficient (Wildman–Crippen LogP) is 1.17. The van der Waals surface area contributed by atoms with Crippen molar-refractivity contribution in [3.63, 3.8) is 0 Å². The molecule has 15 heteroatoms. The van der Waals surface area contributed by atoms with E-state index >= 15 is 0 Å². The lowest BCUT2D eigenvalue weighted by Gasteiger charge is -2.19. The number of hydrogen-bond donors (Lipinski definition) is 4. The minimum atomic E-state index is -5.08. The second kappa shape index (κ2) is 11.2. The van der Waals surface area contributed by atoms with E-state index in [1.54, 1.807) is 12.5 Å². The Bertz CT molecular complexity index is 632. The quantitative estimate of drug-likeness (QED) is 0.520. The van der Waals surface area contributed by atoms with Crippen LogP contribution in [0.2, 0.25) is 0 Å². The zero-order valence-corrected chi connectivity index (χ0v) is 14.6. The molecule has 29 heavy (non-hydrogen) atoms. The van der Waals surface area contributed by atoms with E-state index in [4.69, 9.17) is 25.5 Å². The lowest BCUT2D eigenvalue weighted by Crippen LogP contribution is -2.43. The van der Waals surface area contributed by atoms with Gasteiger partial charge in [-0.2, -0.15) is 26.3 Å².